The van der Waals surface area contributed by atoms with Crippen LogP contribution in [0, 0.1) is 17.3 Å². The lowest BCUT2D eigenvalue weighted by molar-refractivity contribution is -0.150. The Kier molecular flexibility index (Phi) is 3.21. The molecule has 1 aliphatic rings. The molecule has 0 aromatic heterocycles. The minimum atomic E-state index is -1.10. The molecule has 0 aromatic carbocycles. The van der Waals surface area contributed by atoms with Crippen LogP contribution in [0.4, 0.5) is 0 Å². The van der Waals surface area contributed by atoms with Crippen molar-refractivity contribution in [1.82, 2.24) is 0 Å². The fraction of sp³-hybridized carbons (Fsp3) is 0.500. The van der Waals surface area contributed by atoms with Crippen molar-refractivity contribution in [1.29, 1.82) is 0 Å². The van der Waals surface area contributed by atoms with Gasteiger partial charge in [0.05, 0.1) is 11.8 Å². The van der Waals surface area contributed by atoms with Crippen molar-refractivity contribution in [2.75, 3.05) is 0 Å². The van der Waals surface area contributed by atoms with E-state index in [-0.39, 0.29) is 5.41 Å². The van der Waals surface area contributed by atoms with Crippen LogP contribution in [0.2, 0.25) is 0 Å². The van der Waals surface area contributed by atoms with Crippen LogP contribution in [-0.4, -0.2) is 22.2 Å². The standard InChI is InChI=1S/C12H16O4/c1-12(2,3)7-4-5-8(10(13)14)9(6-7)11(15)16/h4-6,8-9H,1-3H3,(H,13,14)(H,15,16). The normalized spacial score (nSPS) is 25.1. The number of rotatable bonds is 2. The van der Waals surface area contributed by atoms with Gasteiger partial charge in [0.2, 0.25) is 0 Å². The smallest absolute Gasteiger partial charge is 0.311 e. The van der Waals surface area contributed by atoms with E-state index in [4.69, 9.17) is 10.2 Å². The van der Waals surface area contributed by atoms with E-state index in [9.17, 15) is 9.59 Å². The average Bonchev–Trinajstić information content (AvgIpc) is 2.15. The molecular weight excluding hydrogens is 208 g/mol. The van der Waals surface area contributed by atoms with Gasteiger partial charge in [0, 0.05) is 0 Å². The summed E-state index contributed by atoms with van der Waals surface area (Å²) in [4.78, 5) is 21.9. The van der Waals surface area contributed by atoms with E-state index >= 15 is 0 Å². The summed E-state index contributed by atoms with van der Waals surface area (Å²) in [5.41, 5.74) is 0.686. The first kappa shape index (κ1) is 12.5. The third-order valence-electron chi connectivity index (χ3n) is 2.67. The molecule has 0 radical (unpaired) electrons. The maximum atomic E-state index is 11.0. The van der Waals surface area contributed by atoms with Crippen LogP contribution in [0.1, 0.15) is 20.8 Å². The van der Waals surface area contributed by atoms with Crippen LogP contribution >= 0.6 is 0 Å². The SMILES string of the molecule is CC(C)(C)C1=CC(C(=O)O)C(C(=O)O)C=C1. The second-order valence-corrected chi connectivity index (χ2v) is 4.96. The van der Waals surface area contributed by atoms with Gasteiger partial charge in [-0.3, -0.25) is 9.59 Å². The third-order valence-corrected chi connectivity index (χ3v) is 2.67. The largest absolute Gasteiger partial charge is 0.481 e. The predicted octanol–water partition coefficient (Wildman–Crippen LogP) is 1.93. The van der Waals surface area contributed by atoms with Crippen LogP contribution in [0.3, 0.4) is 0 Å². The number of hydrogen-bond acceptors (Lipinski definition) is 2. The number of allylic oxidation sites excluding steroid dienone is 2. The summed E-state index contributed by atoms with van der Waals surface area (Å²) >= 11 is 0. The Balaban J connectivity index is 3.07. The Morgan fingerprint density at radius 1 is 1.12 bits per heavy atom. The molecule has 0 spiro atoms. The van der Waals surface area contributed by atoms with Crippen molar-refractivity contribution in [2.24, 2.45) is 17.3 Å². The zero-order valence-electron chi connectivity index (χ0n) is 9.60. The minimum Gasteiger partial charge on any atom is -0.481 e. The van der Waals surface area contributed by atoms with Crippen molar-refractivity contribution in [3.8, 4) is 0 Å². The van der Waals surface area contributed by atoms with E-state index in [2.05, 4.69) is 0 Å². The molecule has 4 nitrogen and oxygen atoms in total. The molecule has 0 aliphatic heterocycles. The van der Waals surface area contributed by atoms with Crippen LogP contribution in [-0.2, 0) is 9.59 Å². The molecule has 0 saturated carbocycles. The molecule has 2 N–H and O–H groups in total. The van der Waals surface area contributed by atoms with Gasteiger partial charge in [-0.25, -0.2) is 0 Å². The predicted molar refractivity (Wildman–Crippen MR) is 58.9 cm³/mol. The average molecular weight is 224 g/mol. The Morgan fingerprint density at radius 3 is 2.00 bits per heavy atom. The third kappa shape index (κ3) is 2.51. The molecule has 0 heterocycles. The minimum absolute atomic E-state index is 0.173. The number of carboxylic acids is 2. The van der Waals surface area contributed by atoms with Gasteiger partial charge < -0.3 is 10.2 Å². The molecule has 4 heteroatoms. The quantitative estimate of drug-likeness (QED) is 0.751. The molecule has 0 bridgehead atoms. The molecule has 16 heavy (non-hydrogen) atoms. The van der Waals surface area contributed by atoms with Gasteiger partial charge in [0.15, 0.2) is 0 Å². The highest BCUT2D eigenvalue weighted by atomic mass is 16.4. The maximum Gasteiger partial charge on any atom is 0.311 e. The molecule has 0 amide bonds. The van der Waals surface area contributed by atoms with Crippen molar-refractivity contribution < 1.29 is 19.8 Å². The highest BCUT2D eigenvalue weighted by molar-refractivity contribution is 5.84. The molecule has 2 unspecified atom stereocenters. The van der Waals surface area contributed by atoms with Gasteiger partial charge in [0.1, 0.15) is 0 Å². The monoisotopic (exact) mass is 224 g/mol. The summed E-state index contributed by atoms with van der Waals surface area (Å²) in [6.45, 7) is 5.88. The van der Waals surface area contributed by atoms with Crippen molar-refractivity contribution in [2.45, 2.75) is 20.8 Å². The van der Waals surface area contributed by atoms with E-state index in [1.54, 1.807) is 12.2 Å². The summed E-state index contributed by atoms with van der Waals surface area (Å²) in [5.74, 6) is -4.15. The van der Waals surface area contributed by atoms with Gasteiger partial charge in [0.25, 0.3) is 0 Å². The Labute approximate surface area is 94.3 Å². The van der Waals surface area contributed by atoms with Crippen molar-refractivity contribution in [3.05, 3.63) is 23.8 Å². The van der Waals surface area contributed by atoms with E-state index in [1.165, 1.54) is 6.08 Å². The molecule has 0 aromatic rings. The summed E-state index contributed by atoms with van der Waals surface area (Å²) < 4.78 is 0. The molecule has 88 valence electrons. The van der Waals surface area contributed by atoms with Crippen LogP contribution in [0.15, 0.2) is 23.8 Å². The highest BCUT2D eigenvalue weighted by Gasteiger charge is 2.34. The molecule has 0 saturated heterocycles. The summed E-state index contributed by atoms with van der Waals surface area (Å²) in [6, 6.07) is 0. The lowest BCUT2D eigenvalue weighted by atomic mass is 9.77. The van der Waals surface area contributed by atoms with E-state index in [1.807, 2.05) is 20.8 Å². The fourth-order valence-electron chi connectivity index (χ4n) is 1.64. The summed E-state index contributed by atoms with van der Waals surface area (Å²) in [7, 11) is 0. The summed E-state index contributed by atoms with van der Waals surface area (Å²) in [5, 5.41) is 17.9. The van der Waals surface area contributed by atoms with Crippen LogP contribution in [0.5, 0.6) is 0 Å². The Hall–Kier alpha value is -1.58. The van der Waals surface area contributed by atoms with E-state index < -0.39 is 23.8 Å². The maximum absolute atomic E-state index is 11.0. The Bertz CT molecular complexity index is 371. The second-order valence-electron chi connectivity index (χ2n) is 4.96. The lowest BCUT2D eigenvalue weighted by Crippen LogP contribution is -2.30. The van der Waals surface area contributed by atoms with E-state index in [0.717, 1.165) is 5.57 Å². The fourth-order valence-corrected chi connectivity index (χ4v) is 1.64. The summed E-state index contributed by atoms with van der Waals surface area (Å²) in [6.07, 6.45) is 4.71. The van der Waals surface area contributed by atoms with Gasteiger partial charge in [-0.2, -0.15) is 0 Å². The zero-order chi connectivity index (χ0) is 12.5. The first-order valence-corrected chi connectivity index (χ1v) is 5.09. The van der Waals surface area contributed by atoms with Gasteiger partial charge in [-0.05, 0) is 11.0 Å². The van der Waals surface area contributed by atoms with Crippen LogP contribution in [0.25, 0.3) is 0 Å². The van der Waals surface area contributed by atoms with E-state index in [0.29, 0.717) is 0 Å². The zero-order valence-corrected chi connectivity index (χ0v) is 9.60. The molecular formula is C12H16O4. The van der Waals surface area contributed by atoms with Crippen molar-refractivity contribution in [3.63, 3.8) is 0 Å². The van der Waals surface area contributed by atoms with Crippen molar-refractivity contribution >= 4 is 11.9 Å². The number of aliphatic carboxylic acids is 2. The first-order chi connectivity index (χ1) is 7.23. The van der Waals surface area contributed by atoms with Gasteiger partial charge in [-0.1, -0.05) is 39.0 Å². The van der Waals surface area contributed by atoms with Crippen LogP contribution < -0.4 is 0 Å². The molecule has 0 fully saturated rings. The number of carbonyl (C=O) groups is 2. The Morgan fingerprint density at radius 2 is 1.62 bits per heavy atom. The topological polar surface area (TPSA) is 74.6 Å². The number of carboxylic acid groups (broad SMARTS) is 2. The lowest BCUT2D eigenvalue weighted by Gasteiger charge is -2.27. The molecule has 2 atom stereocenters. The van der Waals surface area contributed by atoms with Gasteiger partial charge >= 0.3 is 11.9 Å². The first-order valence-electron chi connectivity index (χ1n) is 5.09. The molecule has 1 aliphatic carbocycles. The molecule has 1 rings (SSSR count). The highest BCUT2D eigenvalue weighted by Crippen LogP contribution is 2.33. The van der Waals surface area contributed by atoms with Gasteiger partial charge in [-0.15, -0.1) is 0 Å². The second kappa shape index (κ2) is 4.12. The number of hydrogen-bond donors (Lipinski definition) is 2.